The molecule has 2 heterocycles. The van der Waals surface area contributed by atoms with Crippen LogP contribution in [0.3, 0.4) is 0 Å². The first-order valence-electron chi connectivity index (χ1n) is 8.40. The molecule has 3 rings (SSSR count). The van der Waals surface area contributed by atoms with Gasteiger partial charge in [-0.2, -0.15) is 0 Å². The van der Waals surface area contributed by atoms with Crippen LogP contribution in [0.4, 0.5) is 0 Å². The Kier molecular flexibility index (Phi) is 6.72. The monoisotopic (exact) mass is 338 g/mol. The number of fused-ring (bicyclic) bond motifs is 1. The van der Waals surface area contributed by atoms with Gasteiger partial charge in [0.25, 0.3) is 0 Å². The van der Waals surface area contributed by atoms with E-state index in [1.807, 2.05) is 36.1 Å². The quantitative estimate of drug-likeness (QED) is 0.917. The van der Waals surface area contributed by atoms with Gasteiger partial charge in [0.2, 0.25) is 5.91 Å². The smallest absolute Gasteiger partial charge is 0.225 e. The standard InChI is InChI=1S/C18H26N2O2.ClH/c1-14-3-2-4-17(11-14)22-10-7-18(21)20-8-5-15-12-19-13-16(15)6-9-20;/h2-4,11,15-16,19H,5-10,12-13H2,1H3;1H/t15-,16+;. The first-order valence-corrected chi connectivity index (χ1v) is 8.40. The van der Waals surface area contributed by atoms with Crippen molar-refractivity contribution in [2.24, 2.45) is 11.8 Å². The molecule has 128 valence electrons. The highest BCUT2D eigenvalue weighted by atomic mass is 35.5. The number of carbonyl (C=O) groups excluding carboxylic acids is 1. The number of hydrogen-bond acceptors (Lipinski definition) is 3. The number of carbonyl (C=O) groups is 1. The number of nitrogens with one attached hydrogen (secondary N) is 1. The maximum atomic E-state index is 12.4. The van der Waals surface area contributed by atoms with Crippen molar-refractivity contribution in [1.82, 2.24) is 10.2 Å². The van der Waals surface area contributed by atoms with E-state index < -0.39 is 0 Å². The van der Waals surface area contributed by atoms with Gasteiger partial charge in [-0.3, -0.25) is 4.79 Å². The van der Waals surface area contributed by atoms with E-state index >= 15 is 0 Å². The summed E-state index contributed by atoms with van der Waals surface area (Å²) in [7, 11) is 0. The van der Waals surface area contributed by atoms with Gasteiger partial charge in [-0.1, -0.05) is 12.1 Å². The van der Waals surface area contributed by atoms with E-state index in [9.17, 15) is 4.79 Å². The van der Waals surface area contributed by atoms with Crippen LogP contribution in [0.2, 0.25) is 0 Å². The molecule has 2 fully saturated rings. The Labute approximate surface area is 145 Å². The third kappa shape index (κ3) is 4.85. The summed E-state index contributed by atoms with van der Waals surface area (Å²) in [4.78, 5) is 14.4. The number of likely N-dealkylation sites (tertiary alicyclic amines) is 1. The minimum Gasteiger partial charge on any atom is -0.493 e. The van der Waals surface area contributed by atoms with Crippen LogP contribution in [-0.2, 0) is 4.79 Å². The molecule has 4 nitrogen and oxygen atoms in total. The average molecular weight is 339 g/mol. The summed E-state index contributed by atoms with van der Waals surface area (Å²) < 4.78 is 5.70. The second-order valence-electron chi connectivity index (χ2n) is 6.55. The van der Waals surface area contributed by atoms with Crippen molar-refractivity contribution in [2.75, 3.05) is 32.8 Å². The maximum absolute atomic E-state index is 12.4. The van der Waals surface area contributed by atoms with Crippen LogP contribution >= 0.6 is 12.4 Å². The van der Waals surface area contributed by atoms with Crippen molar-refractivity contribution < 1.29 is 9.53 Å². The van der Waals surface area contributed by atoms with E-state index in [1.54, 1.807) is 0 Å². The molecule has 0 aliphatic carbocycles. The summed E-state index contributed by atoms with van der Waals surface area (Å²) in [5.41, 5.74) is 1.18. The fourth-order valence-electron chi connectivity index (χ4n) is 3.59. The first-order chi connectivity index (χ1) is 10.7. The van der Waals surface area contributed by atoms with Gasteiger partial charge in [0.1, 0.15) is 5.75 Å². The molecular formula is C18H27ClN2O2. The first kappa shape index (κ1) is 18.1. The Morgan fingerprint density at radius 3 is 2.61 bits per heavy atom. The predicted octanol–water partition coefficient (Wildman–Crippen LogP) is 2.64. The second-order valence-corrected chi connectivity index (χ2v) is 6.55. The van der Waals surface area contributed by atoms with Crippen LogP contribution in [-0.4, -0.2) is 43.6 Å². The molecule has 0 saturated carbocycles. The zero-order chi connectivity index (χ0) is 15.4. The fraction of sp³-hybridized carbons (Fsp3) is 0.611. The van der Waals surface area contributed by atoms with Gasteiger partial charge in [-0.25, -0.2) is 0 Å². The topological polar surface area (TPSA) is 41.6 Å². The summed E-state index contributed by atoms with van der Waals surface area (Å²) in [6.45, 7) is 6.58. The molecule has 0 aromatic heterocycles. The van der Waals surface area contributed by atoms with Gasteiger partial charge in [-0.05, 0) is 62.4 Å². The van der Waals surface area contributed by atoms with Gasteiger partial charge in [0, 0.05) is 13.1 Å². The summed E-state index contributed by atoms with van der Waals surface area (Å²) >= 11 is 0. The van der Waals surface area contributed by atoms with Crippen molar-refractivity contribution in [3.63, 3.8) is 0 Å². The predicted molar refractivity (Wildman–Crippen MR) is 94.2 cm³/mol. The number of hydrogen-bond donors (Lipinski definition) is 1. The zero-order valence-corrected chi connectivity index (χ0v) is 14.6. The van der Waals surface area contributed by atoms with Crippen LogP contribution in [0.1, 0.15) is 24.8 Å². The Morgan fingerprint density at radius 1 is 1.26 bits per heavy atom. The Morgan fingerprint density at radius 2 is 1.96 bits per heavy atom. The fourth-order valence-corrected chi connectivity index (χ4v) is 3.59. The molecule has 23 heavy (non-hydrogen) atoms. The number of amides is 1. The van der Waals surface area contributed by atoms with Gasteiger partial charge in [-0.15, -0.1) is 12.4 Å². The number of benzene rings is 1. The van der Waals surface area contributed by atoms with E-state index in [2.05, 4.69) is 5.32 Å². The summed E-state index contributed by atoms with van der Waals surface area (Å²) in [6, 6.07) is 7.97. The van der Waals surface area contributed by atoms with Crippen LogP contribution in [0.15, 0.2) is 24.3 Å². The molecule has 2 atom stereocenters. The van der Waals surface area contributed by atoms with Crippen LogP contribution < -0.4 is 10.1 Å². The van der Waals surface area contributed by atoms with Crippen molar-refractivity contribution >= 4 is 18.3 Å². The Bertz CT molecular complexity index is 509. The normalized spacial score (nSPS) is 23.6. The number of nitrogens with zero attached hydrogens (tertiary/aromatic N) is 1. The minimum atomic E-state index is 0. The van der Waals surface area contributed by atoms with E-state index in [1.165, 1.54) is 5.56 Å². The minimum absolute atomic E-state index is 0. The molecule has 2 saturated heterocycles. The average Bonchev–Trinajstić information content (AvgIpc) is 2.86. The van der Waals surface area contributed by atoms with Crippen LogP contribution in [0.25, 0.3) is 0 Å². The highest BCUT2D eigenvalue weighted by molar-refractivity contribution is 5.85. The molecule has 0 radical (unpaired) electrons. The highest BCUT2D eigenvalue weighted by Gasteiger charge is 2.31. The van der Waals surface area contributed by atoms with E-state index in [4.69, 9.17) is 4.74 Å². The lowest BCUT2D eigenvalue weighted by atomic mass is 9.92. The summed E-state index contributed by atoms with van der Waals surface area (Å²) in [5.74, 6) is 2.62. The third-order valence-corrected chi connectivity index (χ3v) is 4.95. The number of aryl methyl sites for hydroxylation is 1. The molecule has 0 spiro atoms. The van der Waals surface area contributed by atoms with Crippen LogP contribution in [0.5, 0.6) is 5.75 Å². The molecule has 0 bridgehead atoms. The van der Waals surface area contributed by atoms with Gasteiger partial charge < -0.3 is 15.0 Å². The third-order valence-electron chi connectivity index (χ3n) is 4.95. The molecule has 1 N–H and O–H groups in total. The van der Waals surface area contributed by atoms with Crippen molar-refractivity contribution in [2.45, 2.75) is 26.2 Å². The summed E-state index contributed by atoms with van der Waals surface area (Å²) in [5, 5.41) is 3.47. The van der Waals surface area contributed by atoms with E-state index in [0.29, 0.717) is 13.0 Å². The number of rotatable bonds is 4. The lowest BCUT2D eigenvalue weighted by Crippen LogP contribution is -2.33. The molecule has 0 unspecified atom stereocenters. The molecule has 1 amide bonds. The Hall–Kier alpha value is -1.26. The van der Waals surface area contributed by atoms with E-state index in [0.717, 1.165) is 56.6 Å². The van der Waals surface area contributed by atoms with Gasteiger partial charge in [0.15, 0.2) is 0 Å². The Balaban J connectivity index is 0.00000192. The largest absolute Gasteiger partial charge is 0.493 e. The summed E-state index contributed by atoms with van der Waals surface area (Å²) in [6.07, 6.45) is 2.76. The second kappa shape index (κ2) is 8.55. The van der Waals surface area contributed by atoms with E-state index in [-0.39, 0.29) is 18.3 Å². The molecular weight excluding hydrogens is 312 g/mol. The van der Waals surface area contributed by atoms with Gasteiger partial charge >= 0.3 is 0 Å². The molecule has 2 aliphatic rings. The molecule has 1 aromatic rings. The van der Waals surface area contributed by atoms with Crippen molar-refractivity contribution in [1.29, 1.82) is 0 Å². The lowest BCUT2D eigenvalue weighted by molar-refractivity contribution is -0.131. The lowest BCUT2D eigenvalue weighted by Gasteiger charge is -2.21. The maximum Gasteiger partial charge on any atom is 0.225 e. The van der Waals surface area contributed by atoms with Gasteiger partial charge in [0.05, 0.1) is 13.0 Å². The number of halogens is 1. The van der Waals surface area contributed by atoms with Crippen molar-refractivity contribution in [3.05, 3.63) is 29.8 Å². The SMILES string of the molecule is Cc1cccc(OCCC(=O)N2CC[C@@H]3CNC[C@@H]3CC2)c1.Cl. The highest BCUT2D eigenvalue weighted by Crippen LogP contribution is 2.27. The molecule has 5 heteroatoms. The van der Waals surface area contributed by atoms with Crippen LogP contribution in [0, 0.1) is 18.8 Å². The van der Waals surface area contributed by atoms with Crippen molar-refractivity contribution in [3.8, 4) is 5.75 Å². The molecule has 2 aliphatic heterocycles. The number of ether oxygens (including phenoxy) is 1. The molecule has 1 aromatic carbocycles. The zero-order valence-electron chi connectivity index (χ0n) is 13.8.